The maximum absolute atomic E-state index is 11.8. The Hall–Kier alpha value is -2.74. The van der Waals surface area contributed by atoms with Gasteiger partial charge >= 0.3 is 0 Å². The van der Waals surface area contributed by atoms with Crippen molar-refractivity contribution in [2.45, 2.75) is 0 Å². The lowest BCUT2D eigenvalue weighted by Gasteiger charge is -2.02. The minimum atomic E-state index is -0.593. The van der Waals surface area contributed by atoms with E-state index in [2.05, 4.69) is 26.5 Å². The Morgan fingerprint density at radius 2 is 2.00 bits per heavy atom. The van der Waals surface area contributed by atoms with E-state index < -0.39 is 10.8 Å². The van der Waals surface area contributed by atoms with Gasteiger partial charge in [0, 0.05) is 23.3 Å². The number of nitro groups is 1. The zero-order valence-electron chi connectivity index (χ0n) is 11.1. The molecular weight excluding hydrogens is 354 g/mol. The van der Waals surface area contributed by atoms with E-state index in [0.29, 0.717) is 5.56 Å². The number of non-ortho nitro benzene ring substituents is 1. The van der Waals surface area contributed by atoms with Gasteiger partial charge in [0.15, 0.2) is 0 Å². The van der Waals surface area contributed by atoms with Gasteiger partial charge in [-0.3, -0.25) is 14.9 Å². The molecule has 0 heterocycles. The minimum absolute atomic E-state index is 0.106. The number of rotatable bonds is 4. The molecule has 0 saturated heterocycles. The van der Waals surface area contributed by atoms with Gasteiger partial charge in [0.25, 0.3) is 11.6 Å². The third-order valence-corrected chi connectivity index (χ3v) is 3.30. The summed E-state index contributed by atoms with van der Waals surface area (Å²) >= 11 is 3.02. The highest BCUT2D eigenvalue weighted by Crippen LogP contribution is 2.31. The molecule has 112 valence electrons. The SMILES string of the molecule is O=C(N/N=C/c1cc([N+](=O)[O-])cc(Br)c1O)c1ccccc1. The lowest BCUT2D eigenvalue weighted by molar-refractivity contribution is -0.385. The topological polar surface area (TPSA) is 105 Å². The highest BCUT2D eigenvalue weighted by atomic mass is 79.9. The number of nitro benzene ring substituents is 1. The second-order valence-corrected chi connectivity index (χ2v) is 5.04. The van der Waals surface area contributed by atoms with E-state index in [1.54, 1.807) is 30.3 Å². The van der Waals surface area contributed by atoms with Gasteiger partial charge in [0.05, 0.1) is 15.6 Å². The van der Waals surface area contributed by atoms with E-state index in [9.17, 15) is 20.0 Å². The first-order chi connectivity index (χ1) is 10.5. The van der Waals surface area contributed by atoms with Crippen molar-refractivity contribution in [3.05, 3.63) is 68.2 Å². The smallest absolute Gasteiger partial charge is 0.271 e. The first-order valence-electron chi connectivity index (χ1n) is 6.04. The van der Waals surface area contributed by atoms with Crippen LogP contribution in [0, 0.1) is 10.1 Å². The summed E-state index contributed by atoms with van der Waals surface area (Å²) in [5.41, 5.74) is 2.60. The molecule has 2 N–H and O–H groups in total. The summed E-state index contributed by atoms with van der Waals surface area (Å²) in [6.07, 6.45) is 1.13. The second kappa shape index (κ2) is 6.81. The fourth-order valence-electron chi connectivity index (χ4n) is 1.62. The van der Waals surface area contributed by atoms with Gasteiger partial charge in [-0.25, -0.2) is 5.43 Å². The van der Waals surface area contributed by atoms with Gasteiger partial charge in [-0.15, -0.1) is 0 Å². The number of phenols is 1. The Kier molecular flexibility index (Phi) is 4.84. The van der Waals surface area contributed by atoms with Crippen LogP contribution in [0.1, 0.15) is 15.9 Å². The molecule has 0 unspecified atom stereocenters. The van der Waals surface area contributed by atoms with Crippen LogP contribution < -0.4 is 5.43 Å². The molecule has 0 aliphatic carbocycles. The molecular formula is C14H10BrN3O4. The maximum atomic E-state index is 11.8. The van der Waals surface area contributed by atoms with Gasteiger partial charge in [0.2, 0.25) is 0 Å². The van der Waals surface area contributed by atoms with Crippen LogP contribution in [0.25, 0.3) is 0 Å². The summed E-state index contributed by atoms with van der Waals surface area (Å²) in [5.74, 6) is -0.635. The van der Waals surface area contributed by atoms with Crippen LogP contribution in [0.3, 0.4) is 0 Å². The summed E-state index contributed by atoms with van der Waals surface area (Å²) in [6, 6.07) is 10.8. The molecule has 0 atom stereocenters. The molecule has 2 rings (SSSR count). The predicted molar refractivity (Wildman–Crippen MR) is 84.0 cm³/mol. The van der Waals surface area contributed by atoms with E-state index in [0.717, 1.165) is 12.3 Å². The number of halogens is 1. The number of benzene rings is 2. The van der Waals surface area contributed by atoms with E-state index in [-0.39, 0.29) is 21.5 Å². The monoisotopic (exact) mass is 363 g/mol. The molecule has 0 aromatic heterocycles. The largest absolute Gasteiger partial charge is 0.506 e. The average molecular weight is 364 g/mol. The van der Waals surface area contributed by atoms with Crippen LogP contribution in [-0.4, -0.2) is 22.2 Å². The molecule has 0 saturated carbocycles. The van der Waals surface area contributed by atoms with Crippen molar-refractivity contribution in [2.24, 2.45) is 5.10 Å². The molecule has 0 spiro atoms. The molecule has 0 aliphatic rings. The number of amides is 1. The zero-order valence-corrected chi connectivity index (χ0v) is 12.6. The quantitative estimate of drug-likeness (QED) is 0.494. The fourth-order valence-corrected chi connectivity index (χ4v) is 2.09. The van der Waals surface area contributed by atoms with E-state index in [4.69, 9.17) is 0 Å². The number of carbonyl (C=O) groups is 1. The normalized spacial score (nSPS) is 10.6. The van der Waals surface area contributed by atoms with Gasteiger partial charge in [-0.1, -0.05) is 18.2 Å². The predicted octanol–water partition coefficient (Wildman–Crippen LogP) is 2.83. The van der Waals surface area contributed by atoms with Crippen molar-refractivity contribution in [1.29, 1.82) is 0 Å². The van der Waals surface area contributed by atoms with Gasteiger partial charge in [0.1, 0.15) is 5.75 Å². The number of nitrogens with one attached hydrogen (secondary N) is 1. The molecule has 0 fully saturated rings. The Labute approximate surface area is 133 Å². The van der Waals surface area contributed by atoms with Gasteiger partial charge in [-0.2, -0.15) is 5.10 Å². The Balaban J connectivity index is 2.17. The fraction of sp³-hybridized carbons (Fsp3) is 0. The third-order valence-electron chi connectivity index (χ3n) is 2.69. The number of hydrazone groups is 1. The zero-order chi connectivity index (χ0) is 16.1. The van der Waals surface area contributed by atoms with E-state index in [1.807, 2.05) is 0 Å². The van der Waals surface area contributed by atoms with Crippen molar-refractivity contribution in [1.82, 2.24) is 5.43 Å². The maximum Gasteiger partial charge on any atom is 0.271 e. The summed E-state index contributed by atoms with van der Waals surface area (Å²) in [5, 5.41) is 24.3. The minimum Gasteiger partial charge on any atom is -0.506 e. The van der Waals surface area contributed by atoms with Crippen molar-refractivity contribution < 1.29 is 14.8 Å². The van der Waals surface area contributed by atoms with Gasteiger partial charge < -0.3 is 5.11 Å². The molecule has 2 aromatic carbocycles. The highest BCUT2D eigenvalue weighted by molar-refractivity contribution is 9.10. The molecule has 22 heavy (non-hydrogen) atoms. The molecule has 1 amide bonds. The average Bonchev–Trinajstić information content (AvgIpc) is 2.51. The second-order valence-electron chi connectivity index (χ2n) is 4.19. The van der Waals surface area contributed by atoms with Crippen LogP contribution in [0.4, 0.5) is 5.69 Å². The molecule has 0 bridgehead atoms. The van der Waals surface area contributed by atoms with Crippen LogP contribution in [0.15, 0.2) is 52.0 Å². The highest BCUT2D eigenvalue weighted by Gasteiger charge is 2.13. The Bertz CT molecular complexity index is 747. The molecule has 7 nitrogen and oxygen atoms in total. The van der Waals surface area contributed by atoms with Crippen molar-refractivity contribution in [3.63, 3.8) is 0 Å². The first-order valence-corrected chi connectivity index (χ1v) is 6.83. The number of hydrogen-bond acceptors (Lipinski definition) is 5. The van der Waals surface area contributed by atoms with Crippen molar-refractivity contribution in [2.75, 3.05) is 0 Å². The number of hydrogen-bond donors (Lipinski definition) is 2. The van der Waals surface area contributed by atoms with E-state index in [1.165, 1.54) is 6.07 Å². The van der Waals surface area contributed by atoms with Crippen LogP contribution >= 0.6 is 15.9 Å². The molecule has 8 heteroatoms. The van der Waals surface area contributed by atoms with Crippen molar-refractivity contribution in [3.8, 4) is 5.75 Å². The van der Waals surface area contributed by atoms with Crippen LogP contribution in [0.5, 0.6) is 5.75 Å². The summed E-state index contributed by atoms with van der Waals surface area (Å²) in [4.78, 5) is 21.9. The number of carbonyl (C=O) groups excluding carboxylic acids is 1. The standard InChI is InChI=1S/C14H10BrN3O4/c15-12-7-11(18(21)22)6-10(13(12)19)8-16-17-14(20)9-4-2-1-3-5-9/h1-8,19H,(H,17,20)/b16-8+. The third kappa shape index (κ3) is 3.67. The summed E-state index contributed by atoms with van der Waals surface area (Å²) < 4.78 is 0.164. The Morgan fingerprint density at radius 1 is 1.32 bits per heavy atom. The first kappa shape index (κ1) is 15.6. The molecule has 2 aromatic rings. The molecule has 0 radical (unpaired) electrons. The number of nitrogens with zero attached hydrogens (tertiary/aromatic N) is 2. The number of phenolic OH excluding ortho intramolecular Hbond substituents is 1. The summed E-state index contributed by atoms with van der Waals surface area (Å²) in [7, 11) is 0. The number of aromatic hydroxyl groups is 1. The Morgan fingerprint density at radius 3 is 2.64 bits per heavy atom. The van der Waals surface area contributed by atoms with E-state index >= 15 is 0 Å². The lowest BCUT2D eigenvalue weighted by Crippen LogP contribution is -2.17. The van der Waals surface area contributed by atoms with Crippen molar-refractivity contribution >= 4 is 33.7 Å². The molecule has 0 aliphatic heterocycles. The van der Waals surface area contributed by atoms with Gasteiger partial charge in [-0.05, 0) is 28.1 Å². The summed E-state index contributed by atoms with van der Waals surface area (Å²) in [6.45, 7) is 0. The van der Waals surface area contributed by atoms with Crippen LogP contribution in [0.2, 0.25) is 0 Å². The lowest BCUT2D eigenvalue weighted by atomic mass is 10.2. The van der Waals surface area contributed by atoms with Crippen LogP contribution in [-0.2, 0) is 0 Å².